The standard InChI is InChI=1S/C10H12ClN3/c11-6-4-12-10(13-5-6)14-9-7-2-1-3-8(7)9/h4-5,7-9H,1-3H2,(H,12,13,14). The molecule has 2 aliphatic rings. The lowest BCUT2D eigenvalue weighted by molar-refractivity contribution is 0.692. The van der Waals surface area contributed by atoms with Crippen LogP contribution < -0.4 is 5.32 Å². The molecule has 1 N–H and O–H groups in total. The Morgan fingerprint density at radius 1 is 1.21 bits per heavy atom. The maximum Gasteiger partial charge on any atom is 0.222 e. The van der Waals surface area contributed by atoms with Crippen molar-refractivity contribution in [2.75, 3.05) is 5.32 Å². The molecule has 1 heterocycles. The largest absolute Gasteiger partial charge is 0.351 e. The number of anilines is 1. The molecule has 0 aromatic carbocycles. The summed E-state index contributed by atoms with van der Waals surface area (Å²) >= 11 is 5.71. The summed E-state index contributed by atoms with van der Waals surface area (Å²) in [7, 11) is 0. The SMILES string of the molecule is Clc1cnc(NC2C3CCCC32)nc1. The van der Waals surface area contributed by atoms with Crippen molar-refractivity contribution in [3.05, 3.63) is 17.4 Å². The van der Waals surface area contributed by atoms with Crippen LogP contribution in [0, 0.1) is 11.8 Å². The minimum atomic E-state index is 0.589. The number of nitrogens with one attached hydrogen (secondary N) is 1. The summed E-state index contributed by atoms with van der Waals surface area (Å²) in [6.07, 6.45) is 7.41. The molecule has 2 saturated carbocycles. The number of aromatic nitrogens is 2. The zero-order chi connectivity index (χ0) is 9.54. The van der Waals surface area contributed by atoms with Crippen LogP contribution in [0.4, 0.5) is 5.95 Å². The van der Waals surface area contributed by atoms with Crippen LogP contribution in [0.25, 0.3) is 0 Å². The first-order chi connectivity index (χ1) is 6.84. The first-order valence-corrected chi connectivity index (χ1v) is 5.46. The van der Waals surface area contributed by atoms with Gasteiger partial charge in [0.05, 0.1) is 17.4 Å². The number of halogens is 1. The molecule has 0 saturated heterocycles. The van der Waals surface area contributed by atoms with Gasteiger partial charge in [-0.05, 0) is 24.7 Å². The molecular formula is C10H12ClN3. The average molecular weight is 210 g/mol. The van der Waals surface area contributed by atoms with Crippen LogP contribution in [0.5, 0.6) is 0 Å². The minimum absolute atomic E-state index is 0.589. The number of fused-ring (bicyclic) bond motifs is 1. The van der Waals surface area contributed by atoms with Crippen molar-refractivity contribution in [1.29, 1.82) is 0 Å². The van der Waals surface area contributed by atoms with Crippen LogP contribution in [0.3, 0.4) is 0 Å². The molecule has 0 amide bonds. The molecular weight excluding hydrogens is 198 g/mol. The van der Waals surface area contributed by atoms with Gasteiger partial charge in [-0.25, -0.2) is 9.97 Å². The summed E-state index contributed by atoms with van der Waals surface area (Å²) in [6, 6.07) is 0.630. The second-order valence-electron chi connectivity index (χ2n) is 4.15. The Morgan fingerprint density at radius 2 is 1.86 bits per heavy atom. The summed E-state index contributed by atoms with van der Waals surface area (Å²) in [4.78, 5) is 8.26. The molecule has 2 unspecified atom stereocenters. The lowest BCUT2D eigenvalue weighted by Gasteiger charge is -2.05. The van der Waals surface area contributed by atoms with Crippen LogP contribution in [0.2, 0.25) is 5.02 Å². The van der Waals surface area contributed by atoms with Gasteiger partial charge in [-0.15, -0.1) is 0 Å². The molecule has 2 atom stereocenters. The van der Waals surface area contributed by atoms with Crippen molar-refractivity contribution in [3.8, 4) is 0 Å². The molecule has 2 aliphatic carbocycles. The predicted molar refractivity (Wildman–Crippen MR) is 55.3 cm³/mol. The van der Waals surface area contributed by atoms with Gasteiger partial charge < -0.3 is 5.32 Å². The van der Waals surface area contributed by atoms with Crippen molar-refractivity contribution in [2.24, 2.45) is 11.8 Å². The second kappa shape index (κ2) is 3.09. The van der Waals surface area contributed by atoms with Gasteiger partial charge in [-0.1, -0.05) is 18.0 Å². The van der Waals surface area contributed by atoms with Crippen LogP contribution in [0.15, 0.2) is 12.4 Å². The average Bonchev–Trinajstić information content (AvgIpc) is 2.63. The highest BCUT2D eigenvalue weighted by atomic mass is 35.5. The van der Waals surface area contributed by atoms with Crippen LogP contribution in [-0.4, -0.2) is 16.0 Å². The van der Waals surface area contributed by atoms with Gasteiger partial charge in [0.1, 0.15) is 0 Å². The summed E-state index contributed by atoms with van der Waals surface area (Å²) in [6.45, 7) is 0. The van der Waals surface area contributed by atoms with E-state index in [4.69, 9.17) is 11.6 Å². The quantitative estimate of drug-likeness (QED) is 0.813. The molecule has 1 aromatic heterocycles. The van der Waals surface area contributed by atoms with E-state index in [1.165, 1.54) is 19.3 Å². The Hall–Kier alpha value is -0.830. The summed E-state index contributed by atoms with van der Waals surface area (Å²) in [5.41, 5.74) is 0. The van der Waals surface area contributed by atoms with E-state index in [-0.39, 0.29) is 0 Å². The molecule has 2 fully saturated rings. The van der Waals surface area contributed by atoms with Crippen molar-refractivity contribution < 1.29 is 0 Å². The smallest absolute Gasteiger partial charge is 0.222 e. The van der Waals surface area contributed by atoms with E-state index in [1.807, 2.05) is 0 Å². The van der Waals surface area contributed by atoms with E-state index in [1.54, 1.807) is 12.4 Å². The molecule has 3 rings (SSSR count). The molecule has 14 heavy (non-hydrogen) atoms. The van der Waals surface area contributed by atoms with E-state index >= 15 is 0 Å². The predicted octanol–water partition coefficient (Wildman–Crippen LogP) is 2.34. The van der Waals surface area contributed by atoms with E-state index in [2.05, 4.69) is 15.3 Å². The van der Waals surface area contributed by atoms with Gasteiger partial charge in [0, 0.05) is 6.04 Å². The zero-order valence-corrected chi connectivity index (χ0v) is 8.54. The van der Waals surface area contributed by atoms with Gasteiger partial charge in [0.25, 0.3) is 0 Å². The molecule has 3 nitrogen and oxygen atoms in total. The Bertz CT molecular complexity index is 328. The van der Waals surface area contributed by atoms with E-state index in [9.17, 15) is 0 Å². The molecule has 74 valence electrons. The highest BCUT2D eigenvalue weighted by Crippen LogP contribution is 2.52. The van der Waals surface area contributed by atoms with Crippen LogP contribution >= 0.6 is 11.6 Å². The molecule has 0 bridgehead atoms. The first-order valence-electron chi connectivity index (χ1n) is 5.09. The van der Waals surface area contributed by atoms with Crippen molar-refractivity contribution in [3.63, 3.8) is 0 Å². The fourth-order valence-electron chi connectivity index (χ4n) is 2.57. The number of nitrogens with zero attached hydrogens (tertiary/aromatic N) is 2. The third-order valence-corrected chi connectivity index (χ3v) is 3.52. The lowest BCUT2D eigenvalue weighted by atomic mass is 10.2. The van der Waals surface area contributed by atoms with Gasteiger partial charge >= 0.3 is 0 Å². The van der Waals surface area contributed by atoms with Crippen molar-refractivity contribution >= 4 is 17.5 Å². The zero-order valence-electron chi connectivity index (χ0n) is 7.78. The summed E-state index contributed by atoms with van der Waals surface area (Å²) in [5.74, 6) is 2.48. The summed E-state index contributed by atoms with van der Waals surface area (Å²) in [5, 5.41) is 3.95. The minimum Gasteiger partial charge on any atom is -0.351 e. The third-order valence-electron chi connectivity index (χ3n) is 3.32. The maximum atomic E-state index is 5.71. The van der Waals surface area contributed by atoms with Crippen LogP contribution in [0.1, 0.15) is 19.3 Å². The van der Waals surface area contributed by atoms with Gasteiger partial charge in [-0.3, -0.25) is 0 Å². The van der Waals surface area contributed by atoms with E-state index in [0.29, 0.717) is 17.0 Å². The molecule has 0 radical (unpaired) electrons. The Morgan fingerprint density at radius 3 is 2.50 bits per heavy atom. The topological polar surface area (TPSA) is 37.8 Å². The highest BCUT2D eigenvalue weighted by Gasteiger charge is 2.52. The fourth-order valence-corrected chi connectivity index (χ4v) is 2.67. The fraction of sp³-hybridized carbons (Fsp3) is 0.600. The van der Waals surface area contributed by atoms with Crippen LogP contribution in [-0.2, 0) is 0 Å². The van der Waals surface area contributed by atoms with Crippen molar-refractivity contribution in [1.82, 2.24) is 9.97 Å². The van der Waals surface area contributed by atoms with E-state index < -0.39 is 0 Å². The number of hydrogen-bond donors (Lipinski definition) is 1. The molecule has 1 aromatic rings. The summed E-state index contributed by atoms with van der Waals surface area (Å²) < 4.78 is 0. The normalized spacial score (nSPS) is 33.9. The monoisotopic (exact) mass is 209 g/mol. The Kier molecular flexibility index (Phi) is 1.87. The van der Waals surface area contributed by atoms with Gasteiger partial charge in [-0.2, -0.15) is 0 Å². The Labute approximate surface area is 87.9 Å². The molecule has 0 aliphatic heterocycles. The number of rotatable bonds is 2. The maximum absolute atomic E-state index is 5.71. The lowest BCUT2D eigenvalue weighted by Crippen LogP contribution is -2.10. The van der Waals surface area contributed by atoms with Gasteiger partial charge in [0.15, 0.2) is 0 Å². The molecule has 4 heteroatoms. The molecule has 0 spiro atoms. The third kappa shape index (κ3) is 1.36. The van der Waals surface area contributed by atoms with Crippen molar-refractivity contribution in [2.45, 2.75) is 25.3 Å². The van der Waals surface area contributed by atoms with E-state index in [0.717, 1.165) is 11.8 Å². The highest BCUT2D eigenvalue weighted by molar-refractivity contribution is 6.30. The number of hydrogen-bond acceptors (Lipinski definition) is 3. The van der Waals surface area contributed by atoms with Gasteiger partial charge in [0.2, 0.25) is 5.95 Å². The second-order valence-corrected chi connectivity index (χ2v) is 4.59. The first kappa shape index (κ1) is 8.48. The Balaban J connectivity index is 1.65.